The molecule has 0 fully saturated rings. The second-order valence-corrected chi connectivity index (χ2v) is 7.71. The highest BCUT2D eigenvalue weighted by atomic mass is 79.9. The number of carbonyl (C=O) groups excluding carboxylic acids is 1. The number of anilines is 1. The van der Waals surface area contributed by atoms with Crippen LogP contribution in [-0.4, -0.2) is 25.6 Å². The largest absolute Gasteiger partial charge is 0.348 e. The van der Waals surface area contributed by atoms with Crippen molar-refractivity contribution in [3.63, 3.8) is 0 Å². The lowest BCUT2D eigenvalue weighted by Gasteiger charge is -2.08. The van der Waals surface area contributed by atoms with Crippen molar-refractivity contribution in [1.29, 1.82) is 0 Å². The fourth-order valence-corrected chi connectivity index (χ4v) is 2.66. The molecule has 0 saturated carbocycles. The zero-order chi connectivity index (χ0) is 18.4. The number of rotatable bonds is 6. The number of pyridine rings is 1. The van der Waals surface area contributed by atoms with Crippen molar-refractivity contribution in [2.45, 2.75) is 6.54 Å². The van der Waals surface area contributed by atoms with Gasteiger partial charge < -0.3 is 5.32 Å². The van der Waals surface area contributed by atoms with Crippen LogP contribution in [0, 0.1) is 5.82 Å². The third kappa shape index (κ3) is 6.63. The minimum Gasteiger partial charge on any atom is -0.348 e. The summed E-state index contributed by atoms with van der Waals surface area (Å²) >= 11 is 3.22. The van der Waals surface area contributed by atoms with E-state index in [2.05, 4.69) is 31.0 Å². The first-order chi connectivity index (χ1) is 11.7. The normalized spacial score (nSPS) is 11.5. The van der Waals surface area contributed by atoms with Crippen LogP contribution in [0.5, 0.6) is 0 Å². The zero-order valence-electron chi connectivity index (χ0n) is 13.2. The van der Waals surface area contributed by atoms with Crippen LogP contribution in [0.1, 0.15) is 11.1 Å². The Hall–Kier alpha value is -2.26. The van der Waals surface area contributed by atoms with E-state index in [1.54, 1.807) is 24.4 Å². The van der Waals surface area contributed by atoms with E-state index >= 15 is 0 Å². The number of benzene rings is 1. The summed E-state index contributed by atoms with van der Waals surface area (Å²) in [6.07, 6.45) is 5.50. The molecule has 0 atom stereocenters. The third-order valence-electron chi connectivity index (χ3n) is 2.97. The highest BCUT2D eigenvalue weighted by Crippen LogP contribution is 2.16. The summed E-state index contributed by atoms with van der Waals surface area (Å²) < 4.78 is 38.8. The van der Waals surface area contributed by atoms with Crippen molar-refractivity contribution in [1.82, 2.24) is 10.3 Å². The molecule has 2 N–H and O–H groups in total. The molecule has 0 aliphatic carbocycles. The van der Waals surface area contributed by atoms with Gasteiger partial charge in [0.1, 0.15) is 10.4 Å². The van der Waals surface area contributed by atoms with Crippen molar-refractivity contribution >= 4 is 43.6 Å². The van der Waals surface area contributed by atoms with Gasteiger partial charge in [0.05, 0.1) is 11.9 Å². The van der Waals surface area contributed by atoms with E-state index < -0.39 is 15.8 Å². The predicted octanol–water partition coefficient (Wildman–Crippen LogP) is 2.68. The fraction of sp³-hybridized carbons (Fsp3) is 0.125. The molecule has 0 aliphatic rings. The van der Waals surface area contributed by atoms with Crippen LogP contribution < -0.4 is 10.0 Å². The third-order valence-corrected chi connectivity index (χ3v) is 4.03. The number of nitrogens with zero attached hydrogens (tertiary/aromatic N) is 1. The predicted molar refractivity (Wildman–Crippen MR) is 97.7 cm³/mol. The van der Waals surface area contributed by atoms with E-state index in [1.807, 2.05) is 0 Å². The first-order valence-corrected chi connectivity index (χ1v) is 9.75. The summed E-state index contributed by atoms with van der Waals surface area (Å²) in [6.45, 7) is 0.109. The Bertz CT molecular complexity index is 899. The van der Waals surface area contributed by atoms with E-state index in [0.29, 0.717) is 10.2 Å². The Morgan fingerprint density at radius 3 is 2.68 bits per heavy atom. The van der Waals surface area contributed by atoms with Gasteiger partial charge in [-0.1, -0.05) is 12.1 Å². The molecule has 0 aliphatic heterocycles. The van der Waals surface area contributed by atoms with Crippen molar-refractivity contribution in [2.75, 3.05) is 11.0 Å². The highest BCUT2D eigenvalue weighted by Gasteiger charge is 2.08. The van der Waals surface area contributed by atoms with E-state index in [9.17, 15) is 17.6 Å². The van der Waals surface area contributed by atoms with Gasteiger partial charge in [-0.25, -0.2) is 17.8 Å². The maximum Gasteiger partial charge on any atom is 0.244 e. The highest BCUT2D eigenvalue weighted by molar-refractivity contribution is 9.10. The molecule has 0 radical (unpaired) electrons. The van der Waals surface area contributed by atoms with Gasteiger partial charge in [0.15, 0.2) is 0 Å². The molecular weight excluding hydrogens is 413 g/mol. The summed E-state index contributed by atoms with van der Waals surface area (Å²) in [5, 5.41) is 2.61. The van der Waals surface area contributed by atoms with E-state index in [-0.39, 0.29) is 18.1 Å². The number of carbonyl (C=O) groups is 1. The van der Waals surface area contributed by atoms with Crippen LogP contribution in [0.4, 0.5) is 10.1 Å². The Morgan fingerprint density at radius 1 is 1.32 bits per heavy atom. The topological polar surface area (TPSA) is 88.2 Å². The van der Waals surface area contributed by atoms with Gasteiger partial charge in [-0.05, 0) is 51.3 Å². The van der Waals surface area contributed by atoms with Crippen LogP contribution in [0.25, 0.3) is 6.08 Å². The molecule has 1 aromatic carbocycles. The van der Waals surface area contributed by atoms with Gasteiger partial charge in [-0.15, -0.1) is 0 Å². The zero-order valence-corrected chi connectivity index (χ0v) is 15.6. The van der Waals surface area contributed by atoms with E-state index in [0.717, 1.165) is 17.9 Å². The molecule has 132 valence electrons. The van der Waals surface area contributed by atoms with Crippen molar-refractivity contribution in [3.05, 3.63) is 64.2 Å². The Labute approximate surface area is 153 Å². The molecule has 6 nitrogen and oxygen atoms in total. The number of sulfonamides is 1. The second-order valence-electron chi connectivity index (χ2n) is 5.15. The minimum atomic E-state index is -3.55. The van der Waals surface area contributed by atoms with Gasteiger partial charge in [0.2, 0.25) is 15.9 Å². The summed E-state index contributed by atoms with van der Waals surface area (Å²) in [6, 6.07) is 7.55. The maximum absolute atomic E-state index is 13.8. The number of aromatic nitrogens is 1. The van der Waals surface area contributed by atoms with Gasteiger partial charge in [0, 0.05) is 18.8 Å². The smallest absolute Gasteiger partial charge is 0.244 e. The molecule has 9 heteroatoms. The lowest BCUT2D eigenvalue weighted by molar-refractivity contribution is -0.116. The molecule has 2 rings (SSSR count). The van der Waals surface area contributed by atoms with Crippen LogP contribution in [0.15, 0.2) is 47.2 Å². The number of hydrogen-bond donors (Lipinski definition) is 2. The molecule has 2 aromatic rings. The summed E-state index contributed by atoms with van der Waals surface area (Å²) in [7, 11) is -3.55. The van der Waals surface area contributed by atoms with E-state index in [1.165, 1.54) is 18.2 Å². The Balaban J connectivity index is 1.93. The van der Waals surface area contributed by atoms with Crippen LogP contribution >= 0.6 is 15.9 Å². The summed E-state index contributed by atoms with van der Waals surface area (Å²) in [5.74, 6) is -1.06. The Morgan fingerprint density at radius 2 is 2.08 bits per heavy atom. The van der Waals surface area contributed by atoms with Crippen molar-refractivity contribution in [3.8, 4) is 0 Å². The first kappa shape index (κ1) is 19.1. The van der Waals surface area contributed by atoms with Crippen molar-refractivity contribution in [2.24, 2.45) is 0 Å². The van der Waals surface area contributed by atoms with E-state index in [4.69, 9.17) is 0 Å². The monoisotopic (exact) mass is 427 g/mol. The summed E-state index contributed by atoms with van der Waals surface area (Å²) in [5.41, 5.74) is 1.13. The molecule has 0 unspecified atom stereocenters. The molecular formula is C16H15BrFN3O3S. The quantitative estimate of drug-likeness (QED) is 0.547. The minimum absolute atomic E-state index is 0.109. The number of amides is 1. The number of halogens is 2. The van der Waals surface area contributed by atoms with Crippen LogP contribution in [0.3, 0.4) is 0 Å². The second kappa shape index (κ2) is 8.21. The molecule has 25 heavy (non-hydrogen) atoms. The van der Waals surface area contributed by atoms with Gasteiger partial charge in [-0.3, -0.25) is 9.52 Å². The van der Waals surface area contributed by atoms with Gasteiger partial charge in [-0.2, -0.15) is 0 Å². The molecule has 1 aromatic heterocycles. The van der Waals surface area contributed by atoms with Gasteiger partial charge >= 0.3 is 0 Å². The number of hydrogen-bond acceptors (Lipinski definition) is 4. The van der Waals surface area contributed by atoms with Gasteiger partial charge in [0.25, 0.3) is 0 Å². The van der Waals surface area contributed by atoms with Crippen LogP contribution in [0.2, 0.25) is 0 Å². The molecule has 1 amide bonds. The van der Waals surface area contributed by atoms with Crippen molar-refractivity contribution < 1.29 is 17.6 Å². The van der Waals surface area contributed by atoms with Crippen LogP contribution in [-0.2, 0) is 21.4 Å². The molecule has 0 saturated heterocycles. The SMILES string of the molecule is CS(=O)(=O)Nc1ccc(CNC(=O)C=Cc2ccc(Br)nc2)cc1F. The molecule has 0 spiro atoms. The lowest BCUT2D eigenvalue weighted by atomic mass is 10.2. The summed E-state index contributed by atoms with van der Waals surface area (Å²) in [4.78, 5) is 15.8. The number of nitrogens with one attached hydrogen (secondary N) is 2. The maximum atomic E-state index is 13.8. The molecule has 1 heterocycles. The standard InChI is InChI=1S/C16H15BrFN3O3S/c1-25(23,24)21-14-5-2-12(8-13(14)18)10-20-16(22)7-4-11-3-6-15(17)19-9-11/h2-9,21H,10H2,1H3,(H,20,22). The fourth-order valence-electron chi connectivity index (χ4n) is 1.86. The molecule has 0 bridgehead atoms. The first-order valence-electron chi connectivity index (χ1n) is 7.06. The average molecular weight is 428 g/mol. The lowest BCUT2D eigenvalue weighted by Crippen LogP contribution is -2.20. The average Bonchev–Trinajstić information content (AvgIpc) is 2.53. The Kier molecular flexibility index (Phi) is 6.27.